The molecule has 0 heterocycles. The minimum Gasteiger partial charge on any atom is -0.396 e. The van der Waals surface area contributed by atoms with Crippen LogP contribution in [0.3, 0.4) is 0 Å². The molecule has 0 saturated carbocycles. The second-order valence-corrected chi connectivity index (χ2v) is 4.42. The first-order valence-electron chi connectivity index (χ1n) is 5.06. The van der Waals surface area contributed by atoms with E-state index in [1.54, 1.807) is 0 Å². The summed E-state index contributed by atoms with van der Waals surface area (Å²) >= 11 is 0. The van der Waals surface area contributed by atoms with Gasteiger partial charge in [-0.1, -0.05) is 13.8 Å². The lowest BCUT2D eigenvalue weighted by Crippen LogP contribution is -2.46. The lowest BCUT2D eigenvalue weighted by Gasteiger charge is -2.24. The highest BCUT2D eigenvalue weighted by Crippen LogP contribution is 2.17. The molecule has 0 aliphatic carbocycles. The van der Waals surface area contributed by atoms with Crippen molar-refractivity contribution >= 4 is 5.91 Å². The monoisotopic (exact) mass is 218 g/mol. The summed E-state index contributed by atoms with van der Waals surface area (Å²) in [5.41, 5.74) is 5.43. The Morgan fingerprint density at radius 1 is 1.60 bits per heavy atom. The maximum absolute atomic E-state index is 11.4. The lowest BCUT2D eigenvalue weighted by molar-refractivity contribution is -0.123. The first kappa shape index (κ1) is 14.3. The van der Waals surface area contributed by atoms with Gasteiger partial charge < -0.3 is 20.9 Å². The molecule has 0 rings (SSSR count). The smallest absolute Gasteiger partial charge is 0.239 e. The maximum atomic E-state index is 11.4. The van der Waals surface area contributed by atoms with Crippen molar-refractivity contribution in [2.45, 2.75) is 26.3 Å². The molecule has 0 aliphatic rings. The zero-order valence-corrected chi connectivity index (χ0v) is 9.75. The van der Waals surface area contributed by atoms with Crippen molar-refractivity contribution in [1.29, 1.82) is 0 Å². The summed E-state index contributed by atoms with van der Waals surface area (Å²) in [6, 6.07) is -0.625. The maximum Gasteiger partial charge on any atom is 0.239 e. The van der Waals surface area contributed by atoms with E-state index in [9.17, 15) is 4.79 Å². The first-order chi connectivity index (χ1) is 6.93. The molecule has 5 heteroatoms. The van der Waals surface area contributed by atoms with Gasteiger partial charge in [0.15, 0.2) is 0 Å². The van der Waals surface area contributed by atoms with Crippen LogP contribution in [0.1, 0.15) is 20.3 Å². The Hall–Kier alpha value is -0.650. The molecule has 0 fully saturated rings. The van der Waals surface area contributed by atoms with Crippen LogP contribution < -0.4 is 11.1 Å². The summed E-state index contributed by atoms with van der Waals surface area (Å²) in [4.78, 5) is 11.4. The van der Waals surface area contributed by atoms with E-state index in [1.165, 1.54) is 7.11 Å². The molecule has 0 spiro atoms. The predicted octanol–water partition coefficient (Wildman–Crippen LogP) is -0.515. The van der Waals surface area contributed by atoms with Gasteiger partial charge in [-0.3, -0.25) is 4.79 Å². The Balaban J connectivity index is 3.88. The third-order valence-electron chi connectivity index (χ3n) is 2.21. The summed E-state index contributed by atoms with van der Waals surface area (Å²) in [5, 5.41) is 11.5. The normalized spacial score (nSPS) is 13.7. The fraction of sp³-hybridized carbons (Fsp3) is 0.900. The first-order valence-corrected chi connectivity index (χ1v) is 5.06. The number of hydrogen-bond acceptors (Lipinski definition) is 4. The van der Waals surface area contributed by atoms with E-state index in [4.69, 9.17) is 15.6 Å². The quantitative estimate of drug-likeness (QED) is 0.537. The van der Waals surface area contributed by atoms with Crippen LogP contribution in [0.2, 0.25) is 0 Å². The number of carbonyl (C=O) groups excluding carboxylic acids is 1. The van der Waals surface area contributed by atoms with Gasteiger partial charge in [0.25, 0.3) is 0 Å². The Morgan fingerprint density at radius 2 is 2.20 bits per heavy atom. The molecule has 15 heavy (non-hydrogen) atoms. The molecule has 4 N–H and O–H groups in total. The van der Waals surface area contributed by atoms with E-state index in [2.05, 4.69) is 5.32 Å². The van der Waals surface area contributed by atoms with Crippen LogP contribution in [0.25, 0.3) is 0 Å². The van der Waals surface area contributed by atoms with Crippen molar-refractivity contribution in [3.05, 3.63) is 0 Å². The van der Waals surface area contributed by atoms with Gasteiger partial charge in [-0.15, -0.1) is 0 Å². The minimum absolute atomic E-state index is 0.114. The number of ether oxygens (including phenoxy) is 1. The molecule has 0 aromatic heterocycles. The number of hydrogen-bond donors (Lipinski definition) is 3. The van der Waals surface area contributed by atoms with Crippen molar-refractivity contribution in [1.82, 2.24) is 5.32 Å². The number of rotatable bonds is 7. The van der Waals surface area contributed by atoms with Crippen LogP contribution in [-0.4, -0.2) is 43.9 Å². The number of aliphatic hydroxyl groups excluding tert-OH is 1. The van der Waals surface area contributed by atoms with Gasteiger partial charge in [0.05, 0.1) is 6.61 Å². The molecule has 0 aromatic carbocycles. The number of aliphatic hydroxyl groups is 1. The molecule has 1 unspecified atom stereocenters. The molecule has 0 radical (unpaired) electrons. The predicted molar refractivity (Wildman–Crippen MR) is 58.3 cm³/mol. The van der Waals surface area contributed by atoms with E-state index in [1.807, 2.05) is 13.8 Å². The molecule has 90 valence electrons. The zero-order chi connectivity index (χ0) is 11.9. The molecule has 5 nitrogen and oxygen atoms in total. The van der Waals surface area contributed by atoms with Crippen LogP contribution in [0.15, 0.2) is 0 Å². The Bertz CT molecular complexity index is 195. The second-order valence-electron chi connectivity index (χ2n) is 4.42. The Labute approximate surface area is 91.0 Å². The second kappa shape index (κ2) is 6.76. The van der Waals surface area contributed by atoms with Crippen molar-refractivity contribution in [2.24, 2.45) is 11.1 Å². The largest absolute Gasteiger partial charge is 0.396 e. The van der Waals surface area contributed by atoms with Crippen LogP contribution in [-0.2, 0) is 9.53 Å². The summed E-state index contributed by atoms with van der Waals surface area (Å²) < 4.78 is 4.78. The average molecular weight is 218 g/mol. The average Bonchev–Trinajstić information content (AvgIpc) is 2.14. The van der Waals surface area contributed by atoms with Crippen molar-refractivity contribution in [3.8, 4) is 0 Å². The standard InChI is InChI=1S/C10H22N2O3/c1-10(2,4-5-13)7-12-9(14)8(11)6-15-3/h8,13H,4-7,11H2,1-3H3,(H,12,14). The highest BCUT2D eigenvalue weighted by atomic mass is 16.5. The van der Waals surface area contributed by atoms with Gasteiger partial charge in [0.2, 0.25) is 5.91 Å². The van der Waals surface area contributed by atoms with Crippen LogP contribution in [0.4, 0.5) is 0 Å². The van der Waals surface area contributed by atoms with Gasteiger partial charge in [-0.25, -0.2) is 0 Å². The fourth-order valence-corrected chi connectivity index (χ4v) is 1.10. The van der Waals surface area contributed by atoms with Crippen molar-refractivity contribution in [3.63, 3.8) is 0 Å². The highest BCUT2D eigenvalue weighted by molar-refractivity contribution is 5.81. The Morgan fingerprint density at radius 3 is 2.67 bits per heavy atom. The fourth-order valence-electron chi connectivity index (χ4n) is 1.10. The van der Waals surface area contributed by atoms with E-state index in [0.717, 1.165) is 0 Å². The number of methoxy groups -OCH3 is 1. The van der Waals surface area contributed by atoms with Crippen molar-refractivity contribution < 1.29 is 14.6 Å². The van der Waals surface area contributed by atoms with Gasteiger partial charge in [0.1, 0.15) is 6.04 Å². The molecule has 1 amide bonds. The summed E-state index contributed by atoms with van der Waals surface area (Å²) in [7, 11) is 1.50. The summed E-state index contributed by atoms with van der Waals surface area (Å²) in [6.07, 6.45) is 0.646. The zero-order valence-electron chi connectivity index (χ0n) is 9.75. The molecule has 0 aromatic rings. The van der Waals surface area contributed by atoms with E-state index >= 15 is 0 Å². The number of amides is 1. The molecule has 0 aliphatic heterocycles. The Kier molecular flexibility index (Phi) is 6.47. The molecule has 1 atom stereocenters. The lowest BCUT2D eigenvalue weighted by atomic mass is 9.90. The minimum atomic E-state index is -0.625. The van der Waals surface area contributed by atoms with Crippen LogP contribution >= 0.6 is 0 Å². The molecular weight excluding hydrogens is 196 g/mol. The van der Waals surface area contributed by atoms with Crippen molar-refractivity contribution in [2.75, 3.05) is 26.9 Å². The highest BCUT2D eigenvalue weighted by Gasteiger charge is 2.20. The number of carbonyl (C=O) groups is 1. The third-order valence-corrected chi connectivity index (χ3v) is 2.21. The molecule has 0 saturated heterocycles. The van der Waals surface area contributed by atoms with E-state index < -0.39 is 6.04 Å². The van der Waals surface area contributed by atoms with Crippen LogP contribution in [0.5, 0.6) is 0 Å². The topological polar surface area (TPSA) is 84.6 Å². The van der Waals surface area contributed by atoms with Crippen LogP contribution in [0, 0.1) is 5.41 Å². The molecular formula is C10H22N2O3. The SMILES string of the molecule is COCC(N)C(=O)NCC(C)(C)CCO. The molecule has 0 bridgehead atoms. The summed E-state index contributed by atoms with van der Waals surface area (Å²) in [5.74, 6) is -0.220. The summed E-state index contributed by atoms with van der Waals surface area (Å²) in [6.45, 7) is 4.79. The van der Waals surface area contributed by atoms with Gasteiger partial charge in [-0.2, -0.15) is 0 Å². The van der Waals surface area contributed by atoms with Gasteiger partial charge >= 0.3 is 0 Å². The van der Waals surface area contributed by atoms with Gasteiger partial charge in [0, 0.05) is 20.3 Å². The number of nitrogens with two attached hydrogens (primary N) is 1. The third kappa shape index (κ3) is 6.43. The number of nitrogens with one attached hydrogen (secondary N) is 1. The van der Waals surface area contributed by atoms with E-state index in [-0.39, 0.29) is 24.5 Å². The van der Waals surface area contributed by atoms with Gasteiger partial charge in [-0.05, 0) is 11.8 Å². The van der Waals surface area contributed by atoms with E-state index in [0.29, 0.717) is 13.0 Å².